The fraction of sp³-hybridized carbons (Fsp3) is 0.429. The van der Waals surface area contributed by atoms with Crippen molar-refractivity contribution < 1.29 is 18.0 Å². The molecule has 2 amide bonds. The van der Waals surface area contributed by atoms with Crippen molar-refractivity contribution in [1.29, 1.82) is 0 Å². The molecule has 0 bridgehead atoms. The van der Waals surface area contributed by atoms with Gasteiger partial charge in [-0.15, -0.1) is 0 Å². The minimum atomic E-state index is -3.67. The van der Waals surface area contributed by atoms with E-state index >= 15 is 0 Å². The molecule has 0 spiro atoms. The van der Waals surface area contributed by atoms with Gasteiger partial charge in [0, 0.05) is 45.1 Å². The third kappa shape index (κ3) is 4.59. The number of piperazine rings is 1. The second-order valence-corrected chi connectivity index (χ2v) is 9.40. The van der Waals surface area contributed by atoms with E-state index < -0.39 is 10.0 Å². The van der Waals surface area contributed by atoms with Gasteiger partial charge in [-0.1, -0.05) is 30.3 Å². The molecule has 1 N–H and O–H groups in total. The molecule has 29 heavy (non-hydrogen) atoms. The molecule has 1 saturated carbocycles. The van der Waals surface area contributed by atoms with E-state index in [0.29, 0.717) is 26.2 Å². The van der Waals surface area contributed by atoms with Crippen molar-refractivity contribution in [3.8, 4) is 0 Å². The molecule has 2 aliphatic rings. The van der Waals surface area contributed by atoms with Crippen molar-refractivity contribution in [2.45, 2.75) is 24.2 Å². The van der Waals surface area contributed by atoms with Crippen molar-refractivity contribution >= 4 is 32.6 Å². The van der Waals surface area contributed by atoms with Crippen molar-refractivity contribution in [3.63, 3.8) is 0 Å². The quantitative estimate of drug-likeness (QED) is 0.776. The first-order valence-corrected chi connectivity index (χ1v) is 11.5. The van der Waals surface area contributed by atoms with Crippen LogP contribution in [0.4, 0.5) is 0 Å². The number of carbonyl (C=O) groups excluding carboxylic acids is 2. The van der Waals surface area contributed by atoms with Crippen molar-refractivity contribution in [2.75, 3.05) is 32.7 Å². The lowest BCUT2D eigenvalue weighted by Crippen LogP contribution is -2.51. The van der Waals surface area contributed by atoms with Gasteiger partial charge in [0.1, 0.15) is 0 Å². The van der Waals surface area contributed by atoms with E-state index in [1.54, 1.807) is 23.1 Å². The molecule has 0 aromatic heterocycles. The Labute approximate surface area is 170 Å². The first-order valence-electron chi connectivity index (χ1n) is 9.99. The van der Waals surface area contributed by atoms with Gasteiger partial charge >= 0.3 is 0 Å². The number of hydrogen-bond donors (Lipinski definition) is 1. The third-order valence-corrected chi connectivity index (χ3v) is 6.99. The number of amides is 2. The van der Waals surface area contributed by atoms with E-state index in [4.69, 9.17) is 0 Å². The van der Waals surface area contributed by atoms with Crippen molar-refractivity contribution in [1.82, 2.24) is 14.5 Å². The summed E-state index contributed by atoms with van der Waals surface area (Å²) in [7, 11) is -3.67. The average molecular weight is 416 g/mol. The zero-order chi connectivity index (χ0) is 20.4. The van der Waals surface area contributed by atoms with Crippen LogP contribution in [0.3, 0.4) is 0 Å². The maximum atomic E-state index is 12.5. The molecule has 2 fully saturated rings. The van der Waals surface area contributed by atoms with Crippen LogP contribution in [0.2, 0.25) is 0 Å². The minimum absolute atomic E-state index is 0.0508. The van der Waals surface area contributed by atoms with Crippen LogP contribution in [0, 0.1) is 5.92 Å². The molecule has 154 valence electrons. The normalized spacial score (nSPS) is 17.5. The van der Waals surface area contributed by atoms with Gasteiger partial charge in [0.25, 0.3) is 0 Å². The molecule has 7 nitrogen and oxygen atoms in total. The highest BCUT2D eigenvalue weighted by Gasteiger charge is 2.35. The zero-order valence-corrected chi connectivity index (χ0v) is 17.0. The molecular weight excluding hydrogens is 390 g/mol. The van der Waals surface area contributed by atoms with Gasteiger partial charge in [0.2, 0.25) is 21.8 Å². The van der Waals surface area contributed by atoms with Crippen LogP contribution < -0.4 is 4.72 Å². The lowest BCUT2D eigenvalue weighted by molar-refractivity contribution is -0.140. The van der Waals surface area contributed by atoms with Crippen molar-refractivity contribution in [3.05, 3.63) is 42.5 Å². The molecule has 2 aromatic carbocycles. The predicted octanol–water partition coefficient (Wildman–Crippen LogP) is 1.59. The molecule has 1 aliphatic carbocycles. The topological polar surface area (TPSA) is 86.8 Å². The van der Waals surface area contributed by atoms with E-state index in [2.05, 4.69) is 4.72 Å². The lowest BCUT2D eigenvalue weighted by Gasteiger charge is -2.35. The number of benzene rings is 2. The Morgan fingerprint density at radius 2 is 1.59 bits per heavy atom. The monoisotopic (exact) mass is 415 g/mol. The largest absolute Gasteiger partial charge is 0.339 e. The Kier molecular flexibility index (Phi) is 5.56. The highest BCUT2D eigenvalue weighted by atomic mass is 32.2. The average Bonchev–Trinajstić information content (AvgIpc) is 3.58. The number of hydrogen-bond acceptors (Lipinski definition) is 4. The fourth-order valence-corrected chi connectivity index (χ4v) is 4.70. The molecule has 1 aliphatic heterocycles. The lowest BCUT2D eigenvalue weighted by atomic mass is 10.1. The van der Waals surface area contributed by atoms with Crippen LogP contribution in [0.5, 0.6) is 0 Å². The summed E-state index contributed by atoms with van der Waals surface area (Å²) in [6.07, 6.45) is 2.06. The number of nitrogens with one attached hydrogen (secondary N) is 1. The van der Waals surface area contributed by atoms with Crippen LogP contribution in [-0.4, -0.2) is 62.8 Å². The van der Waals surface area contributed by atoms with Crippen LogP contribution >= 0.6 is 0 Å². The summed E-state index contributed by atoms with van der Waals surface area (Å²) in [5, 5.41) is 1.83. The molecule has 4 rings (SSSR count). The van der Waals surface area contributed by atoms with Crippen LogP contribution in [-0.2, 0) is 19.6 Å². The standard InChI is InChI=1S/C21H25N3O4S/c25-20(23-11-13-24(14-12-23)21(26)17-5-6-17)9-10-22-29(27,28)19-8-7-16-3-1-2-4-18(16)15-19/h1-4,7-8,15,17,22H,5-6,9-14H2. The summed E-state index contributed by atoms with van der Waals surface area (Å²) in [5.74, 6) is 0.312. The molecule has 0 unspecified atom stereocenters. The van der Waals surface area contributed by atoms with Crippen LogP contribution in [0.15, 0.2) is 47.4 Å². The SMILES string of the molecule is O=C(CCNS(=O)(=O)c1ccc2ccccc2c1)N1CCN(C(=O)C2CC2)CC1. The zero-order valence-electron chi connectivity index (χ0n) is 16.2. The van der Waals surface area contributed by atoms with Crippen LogP contribution in [0.1, 0.15) is 19.3 Å². The summed E-state index contributed by atoms with van der Waals surface area (Å²) < 4.78 is 27.6. The van der Waals surface area contributed by atoms with Gasteiger partial charge in [-0.25, -0.2) is 13.1 Å². The predicted molar refractivity (Wildman–Crippen MR) is 110 cm³/mol. The maximum Gasteiger partial charge on any atom is 0.240 e. The van der Waals surface area contributed by atoms with Gasteiger partial charge in [0.15, 0.2) is 0 Å². The summed E-state index contributed by atoms with van der Waals surface area (Å²) in [6, 6.07) is 12.5. The Bertz CT molecular complexity index is 1030. The third-order valence-electron chi connectivity index (χ3n) is 5.53. The maximum absolute atomic E-state index is 12.5. The molecule has 0 atom stereocenters. The summed E-state index contributed by atoms with van der Waals surface area (Å²) in [4.78, 5) is 28.2. The molecule has 0 radical (unpaired) electrons. The highest BCUT2D eigenvalue weighted by molar-refractivity contribution is 7.89. The van der Waals surface area contributed by atoms with Gasteiger partial charge in [-0.2, -0.15) is 0 Å². The number of nitrogens with zero attached hydrogens (tertiary/aromatic N) is 2. The number of fused-ring (bicyclic) bond motifs is 1. The molecule has 1 heterocycles. The van der Waals surface area contributed by atoms with E-state index in [9.17, 15) is 18.0 Å². The Morgan fingerprint density at radius 3 is 2.28 bits per heavy atom. The van der Waals surface area contributed by atoms with Crippen LogP contribution in [0.25, 0.3) is 10.8 Å². The van der Waals surface area contributed by atoms with Gasteiger partial charge in [-0.05, 0) is 35.7 Å². The summed E-state index contributed by atoms with van der Waals surface area (Å²) in [6.45, 7) is 2.19. The van der Waals surface area contributed by atoms with Crippen molar-refractivity contribution in [2.24, 2.45) is 5.92 Å². The second kappa shape index (κ2) is 8.12. The van der Waals surface area contributed by atoms with Gasteiger partial charge < -0.3 is 9.80 Å². The van der Waals surface area contributed by atoms with Gasteiger partial charge in [0.05, 0.1) is 4.90 Å². The smallest absolute Gasteiger partial charge is 0.240 e. The Balaban J connectivity index is 1.27. The van der Waals surface area contributed by atoms with E-state index in [0.717, 1.165) is 23.6 Å². The molecule has 2 aromatic rings. The summed E-state index contributed by atoms with van der Waals surface area (Å²) >= 11 is 0. The fourth-order valence-electron chi connectivity index (χ4n) is 3.63. The van der Waals surface area contributed by atoms with E-state index in [-0.39, 0.29) is 35.6 Å². The first-order chi connectivity index (χ1) is 13.9. The Hall–Kier alpha value is -2.45. The number of rotatable bonds is 6. The molecular formula is C21H25N3O4S. The van der Waals surface area contributed by atoms with E-state index in [1.165, 1.54) is 0 Å². The number of sulfonamides is 1. The first kappa shape index (κ1) is 19.8. The molecule has 8 heteroatoms. The highest BCUT2D eigenvalue weighted by Crippen LogP contribution is 2.31. The minimum Gasteiger partial charge on any atom is -0.339 e. The van der Waals surface area contributed by atoms with E-state index in [1.807, 2.05) is 29.2 Å². The molecule has 1 saturated heterocycles. The summed E-state index contributed by atoms with van der Waals surface area (Å²) in [5.41, 5.74) is 0. The number of carbonyl (C=O) groups is 2. The Morgan fingerprint density at radius 1 is 0.931 bits per heavy atom. The van der Waals surface area contributed by atoms with Gasteiger partial charge in [-0.3, -0.25) is 9.59 Å². The second-order valence-electron chi connectivity index (χ2n) is 7.64.